The van der Waals surface area contributed by atoms with Crippen molar-refractivity contribution in [3.8, 4) is 5.75 Å². The van der Waals surface area contributed by atoms with Gasteiger partial charge in [0.2, 0.25) is 9.84 Å². The van der Waals surface area contributed by atoms with Gasteiger partial charge in [-0.05, 0) is 24.3 Å². The number of aromatic hydroxyl groups is 1. The topological polar surface area (TPSA) is 93.3 Å². The van der Waals surface area contributed by atoms with E-state index in [1.54, 1.807) is 30.6 Å². The van der Waals surface area contributed by atoms with E-state index in [4.69, 9.17) is 5.73 Å². The van der Waals surface area contributed by atoms with Gasteiger partial charge in [0.1, 0.15) is 5.75 Å². The number of rotatable bonds is 2. The lowest BCUT2D eigenvalue weighted by molar-refractivity contribution is 0.476. The van der Waals surface area contributed by atoms with E-state index in [1.807, 2.05) is 0 Å². The number of sulfone groups is 1. The molecule has 5 nitrogen and oxygen atoms in total. The fourth-order valence-corrected chi connectivity index (χ4v) is 3.65. The number of hydrogen-bond acceptors (Lipinski definition) is 5. The van der Waals surface area contributed by atoms with E-state index in [2.05, 4.69) is 4.98 Å². The van der Waals surface area contributed by atoms with Gasteiger partial charge >= 0.3 is 0 Å². The highest BCUT2D eigenvalue weighted by Gasteiger charge is 2.21. The van der Waals surface area contributed by atoms with Crippen molar-refractivity contribution in [2.75, 3.05) is 5.73 Å². The van der Waals surface area contributed by atoms with Gasteiger partial charge in [-0.15, -0.1) is 0 Å². The van der Waals surface area contributed by atoms with Crippen molar-refractivity contribution in [1.82, 2.24) is 4.98 Å². The minimum absolute atomic E-state index is 0.00138. The second-order valence-corrected chi connectivity index (χ2v) is 6.50. The molecular weight excluding hydrogens is 288 g/mol. The molecule has 0 atom stereocenters. The molecule has 0 radical (unpaired) electrons. The van der Waals surface area contributed by atoms with Gasteiger partial charge in [-0.25, -0.2) is 8.42 Å². The number of anilines is 1. The molecule has 0 saturated carbocycles. The lowest BCUT2D eigenvalue weighted by Crippen LogP contribution is -2.03. The number of pyridine rings is 1. The summed E-state index contributed by atoms with van der Waals surface area (Å²) in [5.74, 6) is -0.252. The van der Waals surface area contributed by atoms with E-state index in [9.17, 15) is 13.5 Å². The van der Waals surface area contributed by atoms with E-state index < -0.39 is 9.84 Å². The zero-order valence-electron chi connectivity index (χ0n) is 10.9. The molecule has 6 heteroatoms. The maximum atomic E-state index is 12.7. The molecule has 106 valence electrons. The van der Waals surface area contributed by atoms with Crippen molar-refractivity contribution in [2.24, 2.45) is 0 Å². The summed E-state index contributed by atoms with van der Waals surface area (Å²) in [4.78, 5) is 4.15. The van der Waals surface area contributed by atoms with Crippen LogP contribution in [0.3, 0.4) is 0 Å². The van der Waals surface area contributed by atoms with Crippen molar-refractivity contribution in [2.45, 2.75) is 9.79 Å². The Morgan fingerprint density at radius 1 is 1.10 bits per heavy atom. The first-order valence-corrected chi connectivity index (χ1v) is 7.65. The smallest absolute Gasteiger partial charge is 0.207 e. The highest BCUT2D eigenvalue weighted by atomic mass is 32.2. The molecule has 2 aromatic carbocycles. The third kappa shape index (κ3) is 2.19. The van der Waals surface area contributed by atoms with Crippen LogP contribution in [-0.4, -0.2) is 18.5 Å². The van der Waals surface area contributed by atoms with Crippen molar-refractivity contribution >= 4 is 26.3 Å². The average Bonchev–Trinajstić information content (AvgIpc) is 2.49. The standard InChI is InChI=1S/C15H12N2O3S/c16-13-5-4-11(8-14(13)18)21(19,20)15-3-1-2-10-9-17-7-6-12(10)15/h1-9,18H,16H2. The van der Waals surface area contributed by atoms with Crippen LogP contribution in [0.1, 0.15) is 0 Å². The predicted octanol–water partition coefficient (Wildman–Crippen LogP) is 2.36. The van der Waals surface area contributed by atoms with Gasteiger partial charge in [-0.3, -0.25) is 4.98 Å². The summed E-state index contributed by atoms with van der Waals surface area (Å²) < 4.78 is 25.5. The highest BCUT2D eigenvalue weighted by Crippen LogP contribution is 2.31. The van der Waals surface area contributed by atoms with E-state index in [1.165, 1.54) is 18.2 Å². The van der Waals surface area contributed by atoms with Crippen LogP contribution in [-0.2, 0) is 9.84 Å². The molecule has 0 unspecified atom stereocenters. The molecule has 0 aliphatic carbocycles. The minimum Gasteiger partial charge on any atom is -0.506 e. The lowest BCUT2D eigenvalue weighted by Gasteiger charge is -2.09. The Kier molecular flexibility index (Phi) is 3.03. The Morgan fingerprint density at radius 3 is 2.67 bits per heavy atom. The minimum atomic E-state index is -3.75. The SMILES string of the molecule is Nc1ccc(S(=O)(=O)c2cccc3cnccc23)cc1O. The van der Waals surface area contributed by atoms with Crippen LogP contribution in [0.2, 0.25) is 0 Å². The van der Waals surface area contributed by atoms with Crippen LogP contribution in [0.5, 0.6) is 5.75 Å². The third-order valence-electron chi connectivity index (χ3n) is 3.24. The number of nitrogen functional groups attached to an aromatic ring is 1. The summed E-state index contributed by atoms with van der Waals surface area (Å²) >= 11 is 0. The molecule has 3 aromatic rings. The van der Waals surface area contributed by atoms with Crippen molar-refractivity contribution in [1.29, 1.82) is 0 Å². The third-order valence-corrected chi connectivity index (χ3v) is 5.05. The first-order valence-electron chi connectivity index (χ1n) is 6.16. The van der Waals surface area contributed by atoms with Gasteiger partial charge in [0.15, 0.2) is 0 Å². The Bertz CT molecular complexity index is 931. The molecule has 1 aromatic heterocycles. The Balaban J connectivity index is 2.27. The molecule has 0 aliphatic heterocycles. The van der Waals surface area contributed by atoms with Gasteiger partial charge in [0.05, 0.1) is 15.5 Å². The number of phenols is 1. The van der Waals surface area contributed by atoms with Crippen LogP contribution in [0.15, 0.2) is 64.6 Å². The first-order chi connectivity index (χ1) is 10.00. The molecule has 1 heterocycles. The Morgan fingerprint density at radius 2 is 1.90 bits per heavy atom. The molecular formula is C15H12N2O3S. The number of aromatic nitrogens is 1. The lowest BCUT2D eigenvalue weighted by atomic mass is 10.2. The van der Waals surface area contributed by atoms with Gasteiger partial charge in [-0.2, -0.15) is 0 Å². The molecule has 0 aliphatic rings. The second kappa shape index (κ2) is 4.75. The zero-order chi connectivity index (χ0) is 15.0. The summed E-state index contributed by atoms with van der Waals surface area (Å²) in [6.07, 6.45) is 3.15. The molecule has 21 heavy (non-hydrogen) atoms. The van der Waals surface area contributed by atoms with Crippen LogP contribution in [0.25, 0.3) is 10.8 Å². The Labute approximate surface area is 121 Å². The van der Waals surface area contributed by atoms with Crippen LogP contribution in [0, 0.1) is 0 Å². The maximum Gasteiger partial charge on any atom is 0.207 e. The fraction of sp³-hybridized carbons (Fsp3) is 0. The number of fused-ring (bicyclic) bond motifs is 1. The first kappa shape index (κ1) is 13.4. The summed E-state index contributed by atoms with van der Waals surface area (Å²) in [5, 5.41) is 10.9. The van der Waals surface area contributed by atoms with E-state index in [0.717, 1.165) is 11.5 Å². The van der Waals surface area contributed by atoms with Gasteiger partial charge in [-0.1, -0.05) is 12.1 Å². The summed E-state index contributed by atoms with van der Waals surface area (Å²) in [6.45, 7) is 0. The Hall–Kier alpha value is -2.60. The molecule has 0 amide bonds. The molecule has 0 bridgehead atoms. The van der Waals surface area contributed by atoms with Gasteiger partial charge in [0.25, 0.3) is 0 Å². The maximum absolute atomic E-state index is 12.7. The van der Waals surface area contributed by atoms with Crippen LogP contribution in [0.4, 0.5) is 5.69 Å². The van der Waals surface area contributed by atoms with Crippen LogP contribution >= 0.6 is 0 Å². The largest absolute Gasteiger partial charge is 0.506 e. The predicted molar refractivity (Wildman–Crippen MR) is 79.7 cm³/mol. The zero-order valence-corrected chi connectivity index (χ0v) is 11.7. The number of benzene rings is 2. The van der Waals surface area contributed by atoms with Crippen molar-refractivity contribution in [3.05, 3.63) is 54.9 Å². The van der Waals surface area contributed by atoms with E-state index in [-0.39, 0.29) is 21.2 Å². The van der Waals surface area contributed by atoms with Crippen LogP contribution < -0.4 is 5.73 Å². The van der Waals surface area contributed by atoms with E-state index >= 15 is 0 Å². The summed E-state index contributed by atoms with van der Waals surface area (Å²) in [6, 6.07) is 10.5. The number of nitrogens with two attached hydrogens (primary N) is 1. The second-order valence-electron chi connectivity index (χ2n) is 4.58. The fourth-order valence-electron chi connectivity index (χ4n) is 2.14. The average molecular weight is 300 g/mol. The van der Waals surface area contributed by atoms with Gasteiger partial charge in [0, 0.05) is 29.2 Å². The summed E-state index contributed by atoms with van der Waals surface area (Å²) in [5.41, 5.74) is 5.64. The van der Waals surface area contributed by atoms with E-state index in [0.29, 0.717) is 5.39 Å². The van der Waals surface area contributed by atoms with Crippen molar-refractivity contribution in [3.63, 3.8) is 0 Å². The number of hydrogen-bond donors (Lipinski definition) is 2. The quantitative estimate of drug-likeness (QED) is 0.560. The summed E-state index contributed by atoms with van der Waals surface area (Å²) in [7, 11) is -3.75. The molecule has 0 saturated heterocycles. The van der Waals surface area contributed by atoms with Crippen molar-refractivity contribution < 1.29 is 13.5 Å². The monoisotopic (exact) mass is 300 g/mol. The molecule has 3 rings (SSSR count). The normalized spacial score (nSPS) is 11.6. The number of nitrogens with zero attached hydrogens (tertiary/aromatic N) is 1. The van der Waals surface area contributed by atoms with Gasteiger partial charge < -0.3 is 10.8 Å². The molecule has 0 fully saturated rings. The highest BCUT2D eigenvalue weighted by molar-refractivity contribution is 7.91. The molecule has 3 N–H and O–H groups in total. The number of phenolic OH excluding ortho intramolecular Hbond substituents is 1. The molecule has 0 spiro atoms.